The summed E-state index contributed by atoms with van der Waals surface area (Å²) < 4.78 is 1.98. The normalized spacial score (nSPS) is 10.9. The van der Waals surface area contributed by atoms with Crippen LogP contribution in [0.5, 0.6) is 0 Å². The first-order valence-electron chi connectivity index (χ1n) is 8.31. The number of nitrogens with zero attached hydrogens (tertiary/aromatic N) is 3. The number of urea groups is 1. The molecule has 0 spiro atoms. The van der Waals surface area contributed by atoms with Crippen LogP contribution in [0, 0.1) is 0 Å². The molecule has 0 radical (unpaired) electrons. The van der Waals surface area contributed by atoms with Gasteiger partial charge in [0, 0.05) is 30.9 Å². The lowest BCUT2D eigenvalue weighted by Crippen LogP contribution is -2.30. The molecule has 132 valence electrons. The summed E-state index contributed by atoms with van der Waals surface area (Å²) in [5.41, 5.74) is 3.19. The summed E-state index contributed by atoms with van der Waals surface area (Å²) in [6.07, 6.45) is 6.24. The highest BCUT2D eigenvalue weighted by molar-refractivity contribution is 7.08. The summed E-state index contributed by atoms with van der Waals surface area (Å²) in [6.45, 7) is 1.39. The maximum atomic E-state index is 12.1. The van der Waals surface area contributed by atoms with E-state index >= 15 is 0 Å². The van der Waals surface area contributed by atoms with E-state index in [2.05, 4.69) is 42.6 Å². The van der Waals surface area contributed by atoms with E-state index in [4.69, 9.17) is 0 Å². The van der Waals surface area contributed by atoms with Crippen molar-refractivity contribution in [3.05, 3.63) is 53.7 Å². The van der Waals surface area contributed by atoms with Crippen molar-refractivity contribution < 1.29 is 4.79 Å². The Hall–Kier alpha value is -3.13. The number of hydrogen-bond acceptors (Lipinski definition) is 4. The van der Waals surface area contributed by atoms with Crippen LogP contribution in [0.25, 0.3) is 22.0 Å². The van der Waals surface area contributed by atoms with Crippen LogP contribution in [-0.2, 0) is 6.54 Å². The van der Waals surface area contributed by atoms with Crippen molar-refractivity contribution in [3.63, 3.8) is 0 Å². The molecule has 0 fully saturated rings. The average molecular weight is 366 g/mol. The Kier molecular flexibility index (Phi) is 4.65. The standard InChI is InChI=1S/C18H18N6OS/c25-18(20-5-1-7-24-8-6-19-12-24)21-17-15-3-2-13(10-16(15)22-23-17)14-4-9-26-11-14/h2-4,6,8-12H,1,5,7H2,(H3,20,21,22,23,25). The highest BCUT2D eigenvalue weighted by Gasteiger charge is 2.10. The molecule has 8 heteroatoms. The van der Waals surface area contributed by atoms with Crippen molar-refractivity contribution in [2.45, 2.75) is 13.0 Å². The number of nitrogens with one attached hydrogen (secondary N) is 3. The highest BCUT2D eigenvalue weighted by atomic mass is 32.1. The number of hydrogen-bond donors (Lipinski definition) is 3. The maximum Gasteiger partial charge on any atom is 0.320 e. The van der Waals surface area contributed by atoms with E-state index in [0.717, 1.165) is 29.4 Å². The Labute approximate surface area is 154 Å². The number of amides is 2. The second-order valence-electron chi connectivity index (χ2n) is 5.88. The Morgan fingerprint density at radius 1 is 1.27 bits per heavy atom. The van der Waals surface area contributed by atoms with E-state index in [-0.39, 0.29) is 6.03 Å². The number of H-pyrrole nitrogens is 1. The predicted octanol–water partition coefficient (Wildman–Crippen LogP) is 3.70. The van der Waals surface area contributed by atoms with Gasteiger partial charge in [-0.2, -0.15) is 16.4 Å². The number of aromatic nitrogens is 4. The minimum Gasteiger partial charge on any atom is -0.338 e. The number of carbonyl (C=O) groups excluding carboxylic acids is 1. The highest BCUT2D eigenvalue weighted by Crippen LogP contribution is 2.28. The summed E-state index contributed by atoms with van der Waals surface area (Å²) in [7, 11) is 0. The Bertz CT molecular complexity index is 990. The quantitative estimate of drug-likeness (QED) is 0.455. The second kappa shape index (κ2) is 7.40. The second-order valence-corrected chi connectivity index (χ2v) is 6.66. The van der Waals surface area contributed by atoms with Gasteiger partial charge < -0.3 is 9.88 Å². The Morgan fingerprint density at radius 3 is 3.04 bits per heavy atom. The number of thiophene rings is 1. The van der Waals surface area contributed by atoms with Gasteiger partial charge in [-0.05, 0) is 46.5 Å². The zero-order valence-electron chi connectivity index (χ0n) is 14.0. The largest absolute Gasteiger partial charge is 0.338 e. The molecule has 3 aromatic heterocycles. The van der Waals surface area contributed by atoms with Crippen molar-refractivity contribution in [3.8, 4) is 11.1 Å². The molecule has 4 aromatic rings. The number of anilines is 1. The summed E-state index contributed by atoms with van der Waals surface area (Å²) in [6, 6.07) is 7.87. The maximum absolute atomic E-state index is 12.1. The van der Waals surface area contributed by atoms with Crippen LogP contribution in [0.1, 0.15) is 6.42 Å². The topological polar surface area (TPSA) is 87.6 Å². The number of rotatable bonds is 6. The van der Waals surface area contributed by atoms with Crippen molar-refractivity contribution in [2.75, 3.05) is 11.9 Å². The van der Waals surface area contributed by atoms with Gasteiger partial charge in [0.05, 0.1) is 11.8 Å². The Morgan fingerprint density at radius 2 is 2.23 bits per heavy atom. The number of imidazole rings is 1. The first kappa shape index (κ1) is 16.3. The van der Waals surface area contributed by atoms with E-state index in [0.29, 0.717) is 12.4 Å². The predicted molar refractivity (Wildman–Crippen MR) is 103 cm³/mol. The van der Waals surface area contributed by atoms with Crippen LogP contribution in [0.4, 0.5) is 10.6 Å². The molecule has 0 unspecified atom stereocenters. The third-order valence-electron chi connectivity index (χ3n) is 4.09. The van der Waals surface area contributed by atoms with Crippen molar-refractivity contribution >= 4 is 34.1 Å². The van der Waals surface area contributed by atoms with Gasteiger partial charge in [-0.15, -0.1) is 0 Å². The molecule has 26 heavy (non-hydrogen) atoms. The van der Waals surface area contributed by atoms with Crippen LogP contribution >= 0.6 is 11.3 Å². The number of carbonyl (C=O) groups is 1. The molecular formula is C18H18N6OS. The number of aryl methyl sites for hydroxylation is 1. The number of benzene rings is 1. The molecule has 3 heterocycles. The van der Waals surface area contributed by atoms with Crippen molar-refractivity contribution in [2.24, 2.45) is 0 Å². The van der Waals surface area contributed by atoms with E-state index in [1.807, 2.05) is 29.0 Å². The zero-order chi connectivity index (χ0) is 17.8. The third kappa shape index (κ3) is 3.60. The van der Waals surface area contributed by atoms with E-state index in [9.17, 15) is 4.79 Å². The van der Waals surface area contributed by atoms with Crippen LogP contribution in [0.15, 0.2) is 53.7 Å². The molecular weight excluding hydrogens is 348 g/mol. The van der Waals surface area contributed by atoms with Gasteiger partial charge in [0.15, 0.2) is 5.82 Å². The van der Waals surface area contributed by atoms with Gasteiger partial charge >= 0.3 is 6.03 Å². The molecule has 0 aliphatic carbocycles. The molecule has 0 saturated heterocycles. The molecule has 0 atom stereocenters. The van der Waals surface area contributed by atoms with Crippen LogP contribution in [0.2, 0.25) is 0 Å². The summed E-state index contributed by atoms with van der Waals surface area (Å²) in [5.74, 6) is 0.531. The van der Waals surface area contributed by atoms with Crippen LogP contribution in [-0.4, -0.2) is 32.3 Å². The Balaban J connectivity index is 1.35. The molecule has 4 rings (SSSR count). The van der Waals surface area contributed by atoms with Crippen molar-refractivity contribution in [1.82, 2.24) is 25.1 Å². The lowest BCUT2D eigenvalue weighted by molar-refractivity contribution is 0.251. The average Bonchev–Trinajstić information content (AvgIpc) is 3.40. The fourth-order valence-corrected chi connectivity index (χ4v) is 3.42. The SMILES string of the molecule is O=C(NCCCn1ccnc1)Nc1n[nH]c2cc(-c3ccsc3)ccc12. The fourth-order valence-electron chi connectivity index (χ4n) is 2.76. The van der Waals surface area contributed by atoms with E-state index in [1.54, 1.807) is 23.9 Å². The molecule has 7 nitrogen and oxygen atoms in total. The van der Waals surface area contributed by atoms with Gasteiger partial charge in [-0.1, -0.05) is 6.07 Å². The van der Waals surface area contributed by atoms with Crippen LogP contribution in [0.3, 0.4) is 0 Å². The van der Waals surface area contributed by atoms with E-state index in [1.165, 1.54) is 5.56 Å². The summed E-state index contributed by atoms with van der Waals surface area (Å²) in [4.78, 5) is 16.1. The lowest BCUT2D eigenvalue weighted by Gasteiger charge is -2.06. The monoisotopic (exact) mass is 366 g/mol. The smallest absolute Gasteiger partial charge is 0.320 e. The minimum absolute atomic E-state index is 0.258. The van der Waals surface area contributed by atoms with Gasteiger partial charge in [0.1, 0.15) is 0 Å². The fraction of sp³-hybridized carbons (Fsp3) is 0.167. The van der Waals surface area contributed by atoms with Crippen molar-refractivity contribution in [1.29, 1.82) is 0 Å². The molecule has 1 aromatic carbocycles. The molecule has 0 aliphatic rings. The first-order valence-corrected chi connectivity index (χ1v) is 9.25. The first-order chi connectivity index (χ1) is 12.8. The van der Waals surface area contributed by atoms with Gasteiger partial charge in [0.25, 0.3) is 0 Å². The summed E-state index contributed by atoms with van der Waals surface area (Å²) in [5, 5.41) is 17.9. The lowest BCUT2D eigenvalue weighted by atomic mass is 10.1. The number of aromatic amines is 1. The molecule has 0 saturated carbocycles. The zero-order valence-corrected chi connectivity index (χ0v) is 14.8. The van der Waals surface area contributed by atoms with Gasteiger partial charge in [0.2, 0.25) is 0 Å². The van der Waals surface area contributed by atoms with Gasteiger partial charge in [-0.25, -0.2) is 9.78 Å². The minimum atomic E-state index is -0.258. The van der Waals surface area contributed by atoms with E-state index < -0.39 is 0 Å². The third-order valence-corrected chi connectivity index (χ3v) is 4.77. The van der Waals surface area contributed by atoms with Crippen LogP contribution < -0.4 is 10.6 Å². The van der Waals surface area contributed by atoms with Gasteiger partial charge in [-0.3, -0.25) is 10.4 Å². The molecule has 3 N–H and O–H groups in total. The number of fused-ring (bicyclic) bond motifs is 1. The molecule has 0 aliphatic heterocycles. The summed E-state index contributed by atoms with van der Waals surface area (Å²) >= 11 is 1.67. The molecule has 2 amide bonds. The molecule has 0 bridgehead atoms.